The number of nitrogens with two attached hydrogens (primary N) is 1. The number of carboxylic acid groups (broad SMARTS) is 1. The fourth-order valence-corrected chi connectivity index (χ4v) is 5.37. The van der Waals surface area contributed by atoms with Crippen molar-refractivity contribution < 1.29 is 19.4 Å². The number of rotatable bonds is 9. The maximum Gasteiger partial charge on any atom is 0.335 e. The molecule has 36 heavy (non-hydrogen) atoms. The van der Waals surface area contributed by atoms with Crippen molar-refractivity contribution in [1.29, 1.82) is 5.41 Å². The number of carboxylic acids is 1. The molecule has 0 radical (unpaired) electrons. The number of likely N-dealkylation sites (tertiary alicyclic amines) is 1. The highest BCUT2D eigenvalue weighted by Crippen LogP contribution is 2.40. The first-order valence-corrected chi connectivity index (χ1v) is 12.8. The van der Waals surface area contributed by atoms with Gasteiger partial charge in [0, 0.05) is 29.8 Å². The topological polar surface area (TPSA) is 120 Å². The number of nitrogen functional groups attached to an aromatic ring is 1. The van der Waals surface area contributed by atoms with Crippen LogP contribution in [0.1, 0.15) is 80.0 Å². The quantitative estimate of drug-likeness (QED) is 0.268. The molecule has 2 aliphatic rings. The van der Waals surface area contributed by atoms with Gasteiger partial charge in [-0.1, -0.05) is 31.0 Å². The van der Waals surface area contributed by atoms with Crippen LogP contribution in [-0.4, -0.2) is 52.9 Å². The standard InChI is InChI=1S/C28H36N4O4/c1-18-8-6-9-19(2)31(18)14-4-3-5-15-32-23-17-22(28(34)35)12-13-24(23)36-25(27(32)33)20-10-7-11-21(16-20)26(29)30/h7,10-13,16-19,25H,3-6,8-9,14-15H2,1-2H3,(H3,29,30)(H,34,35). The average molecular weight is 493 g/mol. The van der Waals surface area contributed by atoms with E-state index in [2.05, 4.69) is 18.7 Å². The summed E-state index contributed by atoms with van der Waals surface area (Å²) in [6.45, 7) is 6.15. The zero-order valence-electron chi connectivity index (χ0n) is 21.1. The fraction of sp³-hybridized carbons (Fsp3) is 0.464. The molecule has 8 nitrogen and oxygen atoms in total. The van der Waals surface area contributed by atoms with Crippen molar-refractivity contribution in [1.82, 2.24) is 4.90 Å². The zero-order valence-corrected chi connectivity index (χ0v) is 21.1. The monoisotopic (exact) mass is 492 g/mol. The third-order valence-electron chi connectivity index (χ3n) is 7.41. The van der Waals surface area contributed by atoms with Crippen molar-refractivity contribution in [2.75, 3.05) is 18.0 Å². The van der Waals surface area contributed by atoms with Crippen molar-refractivity contribution in [3.05, 3.63) is 59.2 Å². The summed E-state index contributed by atoms with van der Waals surface area (Å²) in [4.78, 5) is 29.4. The molecule has 1 fully saturated rings. The lowest BCUT2D eigenvalue weighted by molar-refractivity contribution is -0.126. The zero-order chi connectivity index (χ0) is 25.8. The number of hydrogen-bond donors (Lipinski definition) is 3. The van der Waals surface area contributed by atoms with Crippen molar-refractivity contribution in [2.24, 2.45) is 5.73 Å². The van der Waals surface area contributed by atoms with Crippen LogP contribution in [-0.2, 0) is 4.79 Å². The van der Waals surface area contributed by atoms with Crippen LogP contribution >= 0.6 is 0 Å². The molecule has 192 valence electrons. The van der Waals surface area contributed by atoms with Crippen LogP contribution in [0.15, 0.2) is 42.5 Å². The average Bonchev–Trinajstić information content (AvgIpc) is 2.86. The number of fused-ring (bicyclic) bond motifs is 1. The largest absolute Gasteiger partial charge is 0.478 e. The number of hydrogen-bond acceptors (Lipinski definition) is 5. The molecule has 0 saturated carbocycles. The number of anilines is 1. The highest BCUT2D eigenvalue weighted by Gasteiger charge is 2.36. The minimum atomic E-state index is -1.05. The molecule has 3 atom stereocenters. The Bertz CT molecular complexity index is 1120. The third-order valence-corrected chi connectivity index (χ3v) is 7.41. The van der Waals surface area contributed by atoms with Gasteiger partial charge in [0.25, 0.3) is 5.91 Å². The fourth-order valence-electron chi connectivity index (χ4n) is 5.37. The number of unbranched alkanes of at least 4 members (excludes halogenated alkanes) is 2. The molecule has 0 aromatic heterocycles. The van der Waals surface area contributed by atoms with E-state index in [0.717, 1.165) is 25.8 Å². The normalized spacial score (nSPS) is 22.1. The first-order chi connectivity index (χ1) is 17.3. The summed E-state index contributed by atoms with van der Waals surface area (Å²) in [5.74, 6) is -0.912. The van der Waals surface area contributed by atoms with Gasteiger partial charge >= 0.3 is 5.97 Å². The van der Waals surface area contributed by atoms with E-state index >= 15 is 0 Å². The Hall–Kier alpha value is -3.39. The number of amides is 1. The van der Waals surface area contributed by atoms with E-state index < -0.39 is 12.1 Å². The van der Waals surface area contributed by atoms with E-state index in [1.54, 1.807) is 35.2 Å². The highest BCUT2D eigenvalue weighted by atomic mass is 16.5. The van der Waals surface area contributed by atoms with Gasteiger partial charge in [0.15, 0.2) is 0 Å². The first kappa shape index (κ1) is 25.7. The molecule has 1 saturated heterocycles. The van der Waals surface area contributed by atoms with Gasteiger partial charge in [0.1, 0.15) is 11.6 Å². The van der Waals surface area contributed by atoms with Gasteiger partial charge in [-0.05, 0) is 70.3 Å². The minimum absolute atomic E-state index is 0.0826. The summed E-state index contributed by atoms with van der Waals surface area (Å²) in [7, 11) is 0. The Balaban J connectivity index is 1.49. The van der Waals surface area contributed by atoms with Gasteiger partial charge < -0.3 is 20.5 Å². The SMILES string of the molecule is CC1CCCC(C)N1CCCCCN1C(=O)C(c2cccc(C(=N)N)c2)Oc2ccc(C(=O)O)cc21. The van der Waals surface area contributed by atoms with Crippen LogP contribution in [0.3, 0.4) is 0 Å². The predicted octanol–water partition coefficient (Wildman–Crippen LogP) is 4.57. The van der Waals surface area contributed by atoms with E-state index in [1.165, 1.54) is 31.4 Å². The molecule has 2 heterocycles. The van der Waals surface area contributed by atoms with Gasteiger partial charge in [-0.15, -0.1) is 0 Å². The van der Waals surface area contributed by atoms with Crippen LogP contribution in [0.2, 0.25) is 0 Å². The molecular formula is C28H36N4O4. The molecule has 8 heteroatoms. The summed E-state index contributed by atoms with van der Waals surface area (Å²) in [6.07, 6.45) is 5.75. The lowest BCUT2D eigenvalue weighted by Crippen LogP contribution is -2.44. The highest BCUT2D eigenvalue weighted by molar-refractivity contribution is 6.02. The lowest BCUT2D eigenvalue weighted by Gasteiger charge is -2.39. The molecule has 0 spiro atoms. The Morgan fingerprint density at radius 1 is 1.06 bits per heavy atom. The molecule has 4 rings (SSSR count). The number of benzene rings is 2. The van der Waals surface area contributed by atoms with Crippen LogP contribution in [0.4, 0.5) is 5.69 Å². The second-order valence-electron chi connectivity index (χ2n) is 9.94. The molecule has 2 aliphatic heterocycles. The maximum absolute atomic E-state index is 13.6. The van der Waals surface area contributed by atoms with E-state index in [0.29, 0.717) is 41.2 Å². The lowest BCUT2D eigenvalue weighted by atomic mass is 9.97. The number of nitrogens with one attached hydrogen (secondary N) is 1. The van der Waals surface area contributed by atoms with Crippen LogP contribution in [0.5, 0.6) is 5.75 Å². The Labute approximate surface area is 212 Å². The van der Waals surface area contributed by atoms with E-state index in [9.17, 15) is 14.7 Å². The van der Waals surface area contributed by atoms with Crippen molar-refractivity contribution in [3.8, 4) is 5.75 Å². The second-order valence-corrected chi connectivity index (χ2v) is 9.94. The maximum atomic E-state index is 13.6. The first-order valence-electron chi connectivity index (χ1n) is 12.8. The van der Waals surface area contributed by atoms with E-state index in [-0.39, 0.29) is 17.3 Å². The number of nitrogens with zero attached hydrogens (tertiary/aromatic N) is 2. The smallest absolute Gasteiger partial charge is 0.335 e. The van der Waals surface area contributed by atoms with Gasteiger partial charge in [-0.2, -0.15) is 0 Å². The number of piperidine rings is 1. The van der Waals surface area contributed by atoms with Crippen LogP contribution in [0, 0.1) is 5.41 Å². The summed E-state index contributed by atoms with van der Waals surface area (Å²) >= 11 is 0. The van der Waals surface area contributed by atoms with E-state index in [4.69, 9.17) is 15.9 Å². The molecule has 3 unspecified atom stereocenters. The summed E-state index contributed by atoms with van der Waals surface area (Å²) in [5, 5.41) is 17.2. The predicted molar refractivity (Wildman–Crippen MR) is 140 cm³/mol. The summed E-state index contributed by atoms with van der Waals surface area (Å²) < 4.78 is 6.06. The molecule has 1 amide bonds. The number of ether oxygens (including phenoxy) is 1. The van der Waals surface area contributed by atoms with Crippen molar-refractivity contribution in [2.45, 2.75) is 70.6 Å². The molecule has 2 aromatic carbocycles. The second kappa shape index (κ2) is 11.1. The third kappa shape index (κ3) is 5.54. The van der Waals surface area contributed by atoms with Crippen LogP contribution in [0.25, 0.3) is 0 Å². The summed E-state index contributed by atoms with van der Waals surface area (Å²) in [5.41, 5.74) is 7.37. The number of amidine groups is 1. The Morgan fingerprint density at radius 2 is 1.78 bits per heavy atom. The van der Waals surface area contributed by atoms with Gasteiger partial charge in [-0.25, -0.2) is 4.79 Å². The van der Waals surface area contributed by atoms with Crippen molar-refractivity contribution in [3.63, 3.8) is 0 Å². The number of carbonyl (C=O) groups is 2. The van der Waals surface area contributed by atoms with Crippen molar-refractivity contribution >= 4 is 23.4 Å². The molecular weight excluding hydrogens is 456 g/mol. The van der Waals surface area contributed by atoms with Gasteiger partial charge in [0.05, 0.1) is 11.3 Å². The Kier molecular flexibility index (Phi) is 7.94. The Morgan fingerprint density at radius 3 is 2.47 bits per heavy atom. The van der Waals surface area contributed by atoms with Gasteiger partial charge in [0.2, 0.25) is 6.10 Å². The van der Waals surface area contributed by atoms with E-state index in [1.807, 2.05) is 0 Å². The molecule has 2 aromatic rings. The van der Waals surface area contributed by atoms with Crippen LogP contribution < -0.4 is 15.4 Å². The minimum Gasteiger partial charge on any atom is -0.478 e. The number of carbonyl (C=O) groups excluding carboxylic acids is 1. The molecule has 0 aliphatic carbocycles. The molecule has 4 N–H and O–H groups in total. The molecule has 0 bridgehead atoms. The van der Waals surface area contributed by atoms with Gasteiger partial charge in [-0.3, -0.25) is 15.1 Å². The number of aromatic carboxylic acids is 1. The summed E-state index contributed by atoms with van der Waals surface area (Å²) in [6, 6.07) is 12.8.